The number of hydrogen-bond acceptors (Lipinski definition) is 4. The average Bonchev–Trinajstić information content (AvgIpc) is 3.13. The number of alkyl halides is 3. The molecule has 0 saturated heterocycles. The van der Waals surface area contributed by atoms with Gasteiger partial charge in [-0.1, -0.05) is 30.0 Å². The topological polar surface area (TPSA) is 48.1 Å². The molecule has 0 amide bonds. The van der Waals surface area contributed by atoms with Gasteiger partial charge < -0.3 is 10.5 Å². The third-order valence-electron chi connectivity index (χ3n) is 5.05. The lowest BCUT2D eigenvalue weighted by atomic mass is 9.84. The molecule has 0 aliphatic heterocycles. The van der Waals surface area contributed by atoms with Crippen LogP contribution in [0.3, 0.4) is 0 Å². The molecule has 2 aromatic carbocycles. The molecule has 0 aliphatic rings. The number of ether oxygens (including phenoxy) is 1. The third-order valence-corrected chi connectivity index (χ3v) is 5.85. The van der Waals surface area contributed by atoms with Gasteiger partial charge >= 0.3 is 6.18 Å². The molecule has 3 rings (SSSR count). The van der Waals surface area contributed by atoms with Crippen molar-refractivity contribution in [1.29, 1.82) is 0 Å². The highest BCUT2D eigenvalue weighted by molar-refractivity contribution is 7.13. The monoisotopic (exact) mass is 432 g/mol. The number of nitrogens with zero attached hydrogens (tertiary/aromatic N) is 1. The Balaban J connectivity index is 1.85. The quantitative estimate of drug-likeness (QED) is 0.524. The van der Waals surface area contributed by atoms with Crippen LogP contribution in [0, 0.1) is 17.3 Å². The molecule has 1 heterocycles. The molecule has 0 aliphatic carbocycles. The first kappa shape index (κ1) is 22.3. The summed E-state index contributed by atoms with van der Waals surface area (Å²) in [5.41, 5.74) is 7.36. The molecule has 0 fully saturated rings. The number of benzene rings is 2. The second-order valence-electron chi connectivity index (χ2n) is 7.68. The summed E-state index contributed by atoms with van der Waals surface area (Å²) in [4.78, 5) is 0. The zero-order valence-electron chi connectivity index (χ0n) is 17.0. The first-order valence-electron chi connectivity index (χ1n) is 9.46. The largest absolute Gasteiger partial charge is 0.416 e. The third kappa shape index (κ3) is 5.01. The van der Waals surface area contributed by atoms with Crippen LogP contribution in [0.15, 0.2) is 42.5 Å². The van der Waals surface area contributed by atoms with Gasteiger partial charge in [0.2, 0.25) is 0 Å². The Bertz CT molecular complexity index is 1080. The molecule has 158 valence electrons. The van der Waals surface area contributed by atoms with Crippen LogP contribution in [0.1, 0.15) is 31.4 Å². The Labute approximate surface area is 178 Å². The first-order chi connectivity index (χ1) is 14.1. The Morgan fingerprint density at radius 3 is 2.47 bits per heavy atom. The van der Waals surface area contributed by atoms with Crippen molar-refractivity contribution in [3.8, 4) is 23.1 Å². The summed E-state index contributed by atoms with van der Waals surface area (Å²) in [7, 11) is 1.65. The highest BCUT2D eigenvalue weighted by atomic mass is 32.1. The van der Waals surface area contributed by atoms with Gasteiger partial charge in [0.05, 0.1) is 16.0 Å². The summed E-state index contributed by atoms with van der Waals surface area (Å²) < 4.78 is 48.8. The molecule has 0 bridgehead atoms. The van der Waals surface area contributed by atoms with Gasteiger partial charge in [0.25, 0.3) is 0 Å². The standard InChI is InChI=1S/C23H23F3N2OS/c1-22(2,20(27)11-13-29-3)12-10-15-4-9-18-19(14-15)30-28-21(18)16-5-7-17(8-6-16)23(24,25)26/h4-9,14,20H,11,13,27H2,1-3H3. The molecule has 3 nitrogen and oxygen atoms in total. The van der Waals surface area contributed by atoms with E-state index in [1.54, 1.807) is 7.11 Å². The molecule has 1 unspecified atom stereocenters. The Morgan fingerprint density at radius 2 is 1.83 bits per heavy atom. The zero-order valence-corrected chi connectivity index (χ0v) is 17.8. The van der Waals surface area contributed by atoms with Gasteiger partial charge in [-0.2, -0.15) is 17.5 Å². The number of aromatic nitrogens is 1. The van der Waals surface area contributed by atoms with Gasteiger partial charge in [-0.3, -0.25) is 0 Å². The van der Waals surface area contributed by atoms with Crippen LogP contribution in [0.2, 0.25) is 0 Å². The van der Waals surface area contributed by atoms with Crippen LogP contribution < -0.4 is 5.73 Å². The lowest BCUT2D eigenvalue weighted by Gasteiger charge is -2.25. The van der Waals surface area contributed by atoms with E-state index in [0.29, 0.717) is 17.9 Å². The average molecular weight is 433 g/mol. The van der Waals surface area contributed by atoms with Gasteiger partial charge in [0.1, 0.15) is 0 Å². The van der Waals surface area contributed by atoms with E-state index in [2.05, 4.69) is 16.2 Å². The fourth-order valence-electron chi connectivity index (χ4n) is 2.97. The minimum atomic E-state index is -4.35. The summed E-state index contributed by atoms with van der Waals surface area (Å²) in [6.07, 6.45) is -3.63. The van der Waals surface area contributed by atoms with E-state index in [4.69, 9.17) is 10.5 Å². The Morgan fingerprint density at radius 1 is 1.13 bits per heavy atom. The summed E-state index contributed by atoms with van der Waals surface area (Å²) in [6.45, 7) is 4.61. The minimum absolute atomic E-state index is 0.108. The van der Waals surface area contributed by atoms with Crippen molar-refractivity contribution in [3.63, 3.8) is 0 Å². The molecule has 7 heteroatoms. The molecule has 1 aromatic heterocycles. The van der Waals surface area contributed by atoms with Crippen molar-refractivity contribution < 1.29 is 17.9 Å². The molecule has 0 radical (unpaired) electrons. The van der Waals surface area contributed by atoms with Gasteiger partial charge in [-0.15, -0.1) is 0 Å². The molecule has 2 N–H and O–H groups in total. The minimum Gasteiger partial charge on any atom is -0.385 e. The molecule has 30 heavy (non-hydrogen) atoms. The van der Waals surface area contributed by atoms with E-state index in [9.17, 15) is 13.2 Å². The van der Waals surface area contributed by atoms with E-state index >= 15 is 0 Å². The Hall–Kier alpha value is -2.40. The zero-order chi connectivity index (χ0) is 21.9. The van der Waals surface area contributed by atoms with Crippen molar-refractivity contribution in [3.05, 3.63) is 53.6 Å². The van der Waals surface area contributed by atoms with E-state index < -0.39 is 11.7 Å². The summed E-state index contributed by atoms with van der Waals surface area (Å²) in [6, 6.07) is 10.7. The fourth-order valence-corrected chi connectivity index (χ4v) is 3.81. The number of methoxy groups -OCH3 is 1. The van der Waals surface area contributed by atoms with E-state index in [1.807, 2.05) is 32.0 Å². The lowest BCUT2D eigenvalue weighted by molar-refractivity contribution is -0.137. The Kier molecular flexibility index (Phi) is 6.51. The summed E-state index contributed by atoms with van der Waals surface area (Å²) >= 11 is 1.30. The van der Waals surface area contributed by atoms with Crippen LogP contribution >= 0.6 is 11.5 Å². The lowest BCUT2D eigenvalue weighted by Crippen LogP contribution is -2.37. The van der Waals surface area contributed by atoms with E-state index in [-0.39, 0.29) is 11.5 Å². The highest BCUT2D eigenvalue weighted by Gasteiger charge is 2.30. The van der Waals surface area contributed by atoms with Crippen LogP contribution in [0.4, 0.5) is 13.2 Å². The van der Waals surface area contributed by atoms with Crippen LogP contribution in [0.5, 0.6) is 0 Å². The maximum Gasteiger partial charge on any atom is 0.416 e. The molecule has 0 spiro atoms. The smallest absolute Gasteiger partial charge is 0.385 e. The molecular formula is C23H23F3N2OS. The fraction of sp³-hybridized carbons (Fsp3) is 0.348. The van der Waals surface area contributed by atoms with E-state index in [0.717, 1.165) is 34.2 Å². The van der Waals surface area contributed by atoms with Crippen LogP contribution in [0.25, 0.3) is 21.3 Å². The van der Waals surface area contributed by atoms with Gasteiger partial charge in [-0.25, -0.2) is 0 Å². The van der Waals surface area contributed by atoms with E-state index in [1.165, 1.54) is 23.7 Å². The second-order valence-corrected chi connectivity index (χ2v) is 8.48. The normalized spacial score (nSPS) is 13.2. The predicted molar refractivity (Wildman–Crippen MR) is 115 cm³/mol. The molecular weight excluding hydrogens is 409 g/mol. The van der Waals surface area contributed by atoms with Gasteiger partial charge in [-0.05, 0) is 56.1 Å². The van der Waals surface area contributed by atoms with Gasteiger partial charge in [0.15, 0.2) is 0 Å². The number of hydrogen-bond donors (Lipinski definition) is 1. The first-order valence-corrected chi connectivity index (χ1v) is 10.2. The number of halogens is 3. The van der Waals surface area contributed by atoms with Crippen LogP contribution in [-0.2, 0) is 10.9 Å². The van der Waals surface area contributed by atoms with Gasteiger partial charge in [0, 0.05) is 41.7 Å². The second kappa shape index (κ2) is 8.76. The van der Waals surface area contributed by atoms with Crippen LogP contribution in [-0.4, -0.2) is 24.1 Å². The van der Waals surface area contributed by atoms with Crippen molar-refractivity contribution in [2.75, 3.05) is 13.7 Å². The molecule has 3 aromatic rings. The number of fused-ring (bicyclic) bond motifs is 1. The van der Waals surface area contributed by atoms with Crippen molar-refractivity contribution in [2.24, 2.45) is 11.1 Å². The summed E-state index contributed by atoms with van der Waals surface area (Å²) in [5.74, 6) is 6.45. The maximum atomic E-state index is 12.8. The maximum absolute atomic E-state index is 12.8. The molecule has 0 saturated carbocycles. The highest BCUT2D eigenvalue weighted by Crippen LogP contribution is 2.34. The SMILES string of the molecule is COCCC(N)C(C)(C)C#Cc1ccc2c(-c3ccc(C(F)(F)F)cc3)nsc2c1. The van der Waals surface area contributed by atoms with Crippen molar-refractivity contribution in [2.45, 2.75) is 32.5 Å². The summed E-state index contributed by atoms with van der Waals surface area (Å²) in [5, 5.41) is 0.890. The van der Waals surface area contributed by atoms with Crippen molar-refractivity contribution in [1.82, 2.24) is 4.37 Å². The number of rotatable bonds is 5. The number of nitrogens with two attached hydrogens (primary N) is 1. The van der Waals surface area contributed by atoms with Crippen molar-refractivity contribution >= 4 is 21.6 Å². The predicted octanol–water partition coefficient (Wildman–Crippen LogP) is 5.72. The molecule has 1 atom stereocenters.